The number of aryl methyl sites for hydroxylation is 2. The Morgan fingerprint density at radius 1 is 1.35 bits per heavy atom. The highest BCUT2D eigenvalue weighted by Gasteiger charge is 2.10. The Morgan fingerprint density at radius 3 is 3.00 bits per heavy atom. The second-order valence-electron chi connectivity index (χ2n) is 5.50. The number of amides is 1. The first kappa shape index (κ1) is 15.7. The summed E-state index contributed by atoms with van der Waals surface area (Å²) >= 11 is 1.69. The smallest absolute Gasteiger partial charge is 0.242 e. The van der Waals surface area contributed by atoms with Crippen LogP contribution >= 0.6 is 11.3 Å². The average molecular weight is 328 g/mol. The van der Waals surface area contributed by atoms with Gasteiger partial charge in [-0.15, -0.1) is 11.3 Å². The number of benzene rings is 1. The Bertz CT molecular complexity index is 821. The minimum absolute atomic E-state index is 0.0382. The predicted molar refractivity (Wildman–Crippen MR) is 92.4 cm³/mol. The highest BCUT2D eigenvalue weighted by Crippen LogP contribution is 2.19. The third kappa shape index (κ3) is 3.59. The van der Waals surface area contributed by atoms with Gasteiger partial charge in [0.1, 0.15) is 6.54 Å². The zero-order chi connectivity index (χ0) is 16.2. The summed E-state index contributed by atoms with van der Waals surface area (Å²) in [4.78, 5) is 17.9. The summed E-state index contributed by atoms with van der Waals surface area (Å²) in [5.41, 5.74) is 1.99. The molecule has 0 spiro atoms. The summed E-state index contributed by atoms with van der Waals surface area (Å²) in [5.74, 6) is -0.0382. The molecule has 3 aromatic rings. The van der Waals surface area contributed by atoms with E-state index in [1.165, 1.54) is 0 Å². The van der Waals surface area contributed by atoms with Gasteiger partial charge in [-0.1, -0.05) is 25.1 Å². The number of nitrogens with zero attached hydrogens (tertiary/aromatic N) is 3. The largest absolute Gasteiger partial charge is 0.350 e. The van der Waals surface area contributed by atoms with Crippen molar-refractivity contribution < 1.29 is 4.79 Å². The maximum Gasteiger partial charge on any atom is 0.242 e. The number of rotatable bonds is 6. The monoisotopic (exact) mass is 328 g/mol. The standard InChI is InChI=1S/C17H20N4OS/c1-3-6-17-20-12(2)15(23-17)10-18-16(22)11-21-14-8-5-4-7-13(14)9-19-21/h4-5,7-9H,3,6,10-11H2,1-2H3,(H,18,22). The second-order valence-corrected chi connectivity index (χ2v) is 6.67. The molecular weight excluding hydrogens is 308 g/mol. The molecule has 0 bridgehead atoms. The average Bonchev–Trinajstić information content (AvgIpc) is 3.10. The molecule has 1 amide bonds. The molecule has 2 heterocycles. The van der Waals surface area contributed by atoms with Crippen LogP contribution in [0.2, 0.25) is 0 Å². The van der Waals surface area contributed by atoms with Gasteiger partial charge in [0.15, 0.2) is 0 Å². The van der Waals surface area contributed by atoms with Gasteiger partial charge in [0.05, 0.1) is 29.0 Å². The number of carbonyl (C=O) groups is 1. The van der Waals surface area contributed by atoms with Crippen molar-refractivity contribution >= 4 is 28.1 Å². The van der Waals surface area contributed by atoms with Crippen molar-refractivity contribution in [1.29, 1.82) is 0 Å². The molecule has 1 N–H and O–H groups in total. The second kappa shape index (κ2) is 6.91. The van der Waals surface area contributed by atoms with Crippen molar-refractivity contribution in [2.75, 3.05) is 0 Å². The zero-order valence-corrected chi connectivity index (χ0v) is 14.2. The van der Waals surface area contributed by atoms with E-state index in [1.807, 2.05) is 31.2 Å². The number of hydrogen-bond donors (Lipinski definition) is 1. The molecule has 1 aromatic carbocycles. The van der Waals surface area contributed by atoms with Crippen molar-refractivity contribution in [3.63, 3.8) is 0 Å². The highest BCUT2D eigenvalue weighted by molar-refractivity contribution is 7.11. The van der Waals surface area contributed by atoms with Crippen LogP contribution in [-0.2, 0) is 24.3 Å². The maximum absolute atomic E-state index is 12.2. The van der Waals surface area contributed by atoms with Crippen LogP contribution < -0.4 is 5.32 Å². The Morgan fingerprint density at radius 2 is 2.17 bits per heavy atom. The lowest BCUT2D eigenvalue weighted by Gasteiger charge is -2.05. The van der Waals surface area contributed by atoms with E-state index in [9.17, 15) is 4.79 Å². The van der Waals surface area contributed by atoms with E-state index in [2.05, 4.69) is 22.3 Å². The Balaban J connectivity index is 1.61. The normalized spacial score (nSPS) is 11.0. The van der Waals surface area contributed by atoms with Gasteiger partial charge in [0.25, 0.3) is 0 Å². The first-order valence-electron chi connectivity index (χ1n) is 7.79. The molecule has 6 heteroatoms. The van der Waals surface area contributed by atoms with Gasteiger partial charge in [0.2, 0.25) is 5.91 Å². The van der Waals surface area contributed by atoms with Crippen molar-refractivity contribution in [1.82, 2.24) is 20.1 Å². The van der Waals surface area contributed by atoms with Crippen LogP contribution in [0.5, 0.6) is 0 Å². The molecule has 23 heavy (non-hydrogen) atoms. The van der Waals surface area contributed by atoms with E-state index in [0.29, 0.717) is 6.54 Å². The van der Waals surface area contributed by atoms with Crippen molar-refractivity contribution in [2.24, 2.45) is 0 Å². The lowest BCUT2D eigenvalue weighted by atomic mass is 10.2. The number of para-hydroxylation sites is 1. The molecular formula is C17H20N4OS. The summed E-state index contributed by atoms with van der Waals surface area (Å²) in [7, 11) is 0. The first-order valence-corrected chi connectivity index (χ1v) is 8.61. The van der Waals surface area contributed by atoms with Crippen LogP contribution in [0, 0.1) is 6.92 Å². The van der Waals surface area contributed by atoms with Crippen LogP contribution in [-0.4, -0.2) is 20.7 Å². The van der Waals surface area contributed by atoms with Gasteiger partial charge in [-0.25, -0.2) is 4.98 Å². The van der Waals surface area contributed by atoms with Crippen molar-refractivity contribution in [2.45, 2.75) is 39.8 Å². The van der Waals surface area contributed by atoms with E-state index in [4.69, 9.17) is 0 Å². The van der Waals surface area contributed by atoms with Crippen LogP contribution in [0.3, 0.4) is 0 Å². The molecule has 0 aliphatic carbocycles. The minimum atomic E-state index is -0.0382. The summed E-state index contributed by atoms with van der Waals surface area (Å²) < 4.78 is 1.73. The van der Waals surface area contributed by atoms with Gasteiger partial charge in [-0.3, -0.25) is 9.48 Å². The predicted octanol–water partition coefficient (Wildman–Crippen LogP) is 3.07. The molecule has 5 nitrogen and oxygen atoms in total. The molecule has 0 aliphatic rings. The summed E-state index contributed by atoms with van der Waals surface area (Å²) in [6.07, 6.45) is 3.87. The van der Waals surface area contributed by atoms with Gasteiger partial charge >= 0.3 is 0 Å². The third-order valence-corrected chi connectivity index (χ3v) is 4.91. The number of thiazole rings is 1. The number of fused-ring (bicyclic) bond motifs is 1. The van der Waals surface area contributed by atoms with Gasteiger partial charge in [0, 0.05) is 10.3 Å². The highest BCUT2D eigenvalue weighted by atomic mass is 32.1. The van der Waals surface area contributed by atoms with E-state index < -0.39 is 0 Å². The van der Waals surface area contributed by atoms with Gasteiger partial charge in [-0.05, 0) is 25.8 Å². The summed E-state index contributed by atoms with van der Waals surface area (Å²) in [6.45, 7) is 4.91. The summed E-state index contributed by atoms with van der Waals surface area (Å²) in [5, 5.41) is 9.44. The molecule has 0 saturated heterocycles. The fraction of sp³-hybridized carbons (Fsp3) is 0.353. The molecule has 0 fully saturated rings. The maximum atomic E-state index is 12.2. The zero-order valence-electron chi connectivity index (χ0n) is 13.4. The topological polar surface area (TPSA) is 59.8 Å². The Labute approximate surface area is 139 Å². The number of nitrogens with one attached hydrogen (secondary N) is 1. The number of hydrogen-bond acceptors (Lipinski definition) is 4. The lowest BCUT2D eigenvalue weighted by Crippen LogP contribution is -2.27. The van der Waals surface area contributed by atoms with E-state index in [1.54, 1.807) is 22.2 Å². The molecule has 120 valence electrons. The lowest BCUT2D eigenvalue weighted by molar-refractivity contribution is -0.121. The number of carbonyl (C=O) groups excluding carboxylic acids is 1. The minimum Gasteiger partial charge on any atom is -0.350 e. The van der Waals surface area contributed by atoms with Crippen LogP contribution in [0.15, 0.2) is 30.5 Å². The van der Waals surface area contributed by atoms with Crippen LogP contribution in [0.25, 0.3) is 10.9 Å². The Hall–Kier alpha value is -2.21. The molecule has 2 aromatic heterocycles. The molecule has 0 radical (unpaired) electrons. The Kier molecular flexibility index (Phi) is 4.71. The molecule has 0 aliphatic heterocycles. The van der Waals surface area contributed by atoms with Gasteiger partial charge < -0.3 is 5.32 Å². The molecule has 0 saturated carbocycles. The third-order valence-electron chi connectivity index (χ3n) is 3.69. The van der Waals surface area contributed by atoms with Crippen LogP contribution in [0.1, 0.15) is 28.9 Å². The first-order chi connectivity index (χ1) is 11.2. The quantitative estimate of drug-likeness (QED) is 0.756. The van der Waals surface area contributed by atoms with Crippen molar-refractivity contribution in [3.8, 4) is 0 Å². The van der Waals surface area contributed by atoms with Gasteiger partial charge in [-0.2, -0.15) is 5.10 Å². The van der Waals surface area contributed by atoms with E-state index in [0.717, 1.165) is 39.3 Å². The number of aromatic nitrogens is 3. The molecule has 3 rings (SSSR count). The molecule has 0 unspecified atom stereocenters. The van der Waals surface area contributed by atoms with Crippen LogP contribution in [0.4, 0.5) is 0 Å². The fourth-order valence-corrected chi connectivity index (χ4v) is 3.61. The SMILES string of the molecule is CCCc1nc(C)c(CNC(=O)Cn2ncc3ccccc32)s1. The molecule has 0 atom stereocenters. The van der Waals surface area contributed by atoms with E-state index >= 15 is 0 Å². The summed E-state index contributed by atoms with van der Waals surface area (Å²) in [6, 6.07) is 7.88. The van der Waals surface area contributed by atoms with Crippen molar-refractivity contribution in [3.05, 3.63) is 46.0 Å². The van der Waals surface area contributed by atoms with E-state index in [-0.39, 0.29) is 12.5 Å². The fourth-order valence-electron chi connectivity index (χ4n) is 2.50.